The molecule has 1 aromatic heterocycles. The largest absolute Gasteiger partial charge is 0.294 e. The fourth-order valence-electron chi connectivity index (χ4n) is 2.46. The monoisotopic (exact) mass is 282 g/mol. The Morgan fingerprint density at radius 3 is 2.57 bits per heavy atom. The van der Waals surface area contributed by atoms with Gasteiger partial charge >= 0.3 is 0 Å². The molecule has 1 heterocycles. The molecule has 3 aromatic rings. The summed E-state index contributed by atoms with van der Waals surface area (Å²) in [7, 11) is 0. The van der Waals surface area contributed by atoms with E-state index in [2.05, 4.69) is 5.10 Å². The zero-order valence-electron chi connectivity index (χ0n) is 11.7. The molecule has 2 aromatic carbocycles. The minimum absolute atomic E-state index is 0.0542. The lowest BCUT2D eigenvalue weighted by Crippen LogP contribution is -2.05. The molecule has 0 unspecified atom stereocenters. The maximum atomic E-state index is 12.9. The van der Waals surface area contributed by atoms with Crippen LogP contribution in [0.5, 0.6) is 0 Å². The predicted octanol–water partition coefficient (Wildman–Crippen LogP) is 3.62. The highest BCUT2D eigenvalue weighted by molar-refractivity contribution is 5.99. The molecular formula is C17H15FN2O. The van der Waals surface area contributed by atoms with Crippen LogP contribution in [0, 0.1) is 5.82 Å². The molecule has 0 saturated carbocycles. The molecule has 0 aliphatic rings. The molecule has 0 amide bonds. The molecule has 0 radical (unpaired) electrons. The highest BCUT2D eigenvalue weighted by Crippen LogP contribution is 2.20. The lowest BCUT2D eigenvalue weighted by Gasteiger charge is -1.99. The van der Waals surface area contributed by atoms with Crippen LogP contribution in [0.1, 0.15) is 23.0 Å². The van der Waals surface area contributed by atoms with Crippen molar-refractivity contribution in [2.75, 3.05) is 0 Å². The van der Waals surface area contributed by atoms with E-state index in [9.17, 15) is 9.18 Å². The van der Waals surface area contributed by atoms with Crippen LogP contribution in [0.15, 0.2) is 48.5 Å². The van der Waals surface area contributed by atoms with Crippen LogP contribution in [0.2, 0.25) is 0 Å². The van der Waals surface area contributed by atoms with Crippen molar-refractivity contribution in [1.29, 1.82) is 0 Å². The van der Waals surface area contributed by atoms with Crippen molar-refractivity contribution in [2.45, 2.75) is 19.9 Å². The van der Waals surface area contributed by atoms with E-state index < -0.39 is 0 Å². The first-order valence-corrected chi connectivity index (χ1v) is 6.92. The zero-order chi connectivity index (χ0) is 14.8. The number of halogens is 1. The van der Waals surface area contributed by atoms with Crippen LogP contribution < -0.4 is 0 Å². The average Bonchev–Trinajstić information content (AvgIpc) is 2.86. The van der Waals surface area contributed by atoms with Gasteiger partial charge in [0.1, 0.15) is 5.82 Å². The number of Topliss-reactive ketones (excluding diaryl/α,β-unsaturated/α-hetero) is 1. The van der Waals surface area contributed by atoms with E-state index in [1.54, 1.807) is 0 Å². The first-order chi connectivity index (χ1) is 10.2. The zero-order valence-corrected chi connectivity index (χ0v) is 11.7. The van der Waals surface area contributed by atoms with Gasteiger partial charge in [-0.15, -0.1) is 0 Å². The van der Waals surface area contributed by atoms with Crippen LogP contribution >= 0.6 is 0 Å². The number of aryl methyl sites for hydroxylation is 1. The van der Waals surface area contributed by atoms with Crippen molar-refractivity contribution in [2.24, 2.45) is 0 Å². The third kappa shape index (κ3) is 2.57. The maximum absolute atomic E-state index is 12.9. The summed E-state index contributed by atoms with van der Waals surface area (Å²) < 4.78 is 14.8. The Labute approximate surface area is 122 Å². The topological polar surface area (TPSA) is 34.9 Å². The van der Waals surface area contributed by atoms with Gasteiger partial charge in [-0.3, -0.25) is 9.48 Å². The number of fused-ring (bicyclic) bond motifs is 1. The molecule has 0 bridgehead atoms. The summed E-state index contributed by atoms with van der Waals surface area (Å²) in [5.74, 6) is -0.395. The summed E-state index contributed by atoms with van der Waals surface area (Å²) in [6.45, 7) is 2.77. The van der Waals surface area contributed by atoms with Crippen LogP contribution in [0.3, 0.4) is 0 Å². The average molecular weight is 282 g/mol. The fraction of sp³-hybridized carbons (Fsp3) is 0.176. The van der Waals surface area contributed by atoms with Gasteiger partial charge in [-0.25, -0.2) is 4.39 Å². The molecule has 0 aliphatic heterocycles. The number of rotatable bonds is 4. The van der Waals surface area contributed by atoms with Gasteiger partial charge in [-0.1, -0.05) is 18.2 Å². The summed E-state index contributed by atoms with van der Waals surface area (Å²) in [6, 6.07) is 13.5. The van der Waals surface area contributed by atoms with E-state index >= 15 is 0 Å². The number of nitrogens with zero attached hydrogens (tertiary/aromatic N) is 2. The lowest BCUT2D eigenvalue weighted by molar-refractivity contribution is 0.0992. The Kier molecular flexibility index (Phi) is 3.52. The molecule has 21 heavy (non-hydrogen) atoms. The van der Waals surface area contributed by atoms with Gasteiger partial charge in [0.15, 0.2) is 5.78 Å². The quantitative estimate of drug-likeness (QED) is 0.685. The number of hydrogen-bond donors (Lipinski definition) is 0. The van der Waals surface area contributed by atoms with E-state index in [1.807, 2.05) is 35.9 Å². The van der Waals surface area contributed by atoms with Gasteiger partial charge in [-0.05, 0) is 37.3 Å². The van der Waals surface area contributed by atoms with Gasteiger partial charge in [0.25, 0.3) is 0 Å². The van der Waals surface area contributed by atoms with E-state index in [4.69, 9.17) is 0 Å². The van der Waals surface area contributed by atoms with Crippen LogP contribution in [-0.4, -0.2) is 15.6 Å². The van der Waals surface area contributed by atoms with Crippen LogP contribution in [0.25, 0.3) is 10.9 Å². The highest BCUT2D eigenvalue weighted by Gasteiger charge is 2.14. The first kappa shape index (κ1) is 13.5. The Bertz CT molecular complexity index is 790. The number of benzene rings is 2. The van der Waals surface area contributed by atoms with Crippen LogP contribution in [-0.2, 0) is 13.0 Å². The minimum atomic E-state index is -0.340. The molecule has 0 spiro atoms. The molecule has 3 nitrogen and oxygen atoms in total. The molecule has 0 saturated heterocycles. The van der Waals surface area contributed by atoms with Crippen molar-refractivity contribution in [1.82, 2.24) is 9.78 Å². The van der Waals surface area contributed by atoms with Gasteiger partial charge in [0.2, 0.25) is 0 Å². The molecule has 3 rings (SSSR count). The molecule has 0 fully saturated rings. The Morgan fingerprint density at radius 1 is 1.14 bits per heavy atom. The summed E-state index contributed by atoms with van der Waals surface area (Å²) in [6.07, 6.45) is 0.221. The van der Waals surface area contributed by atoms with Gasteiger partial charge in [0, 0.05) is 17.5 Å². The van der Waals surface area contributed by atoms with Gasteiger partial charge in [-0.2, -0.15) is 5.10 Å². The molecular weight excluding hydrogens is 267 g/mol. The summed E-state index contributed by atoms with van der Waals surface area (Å²) >= 11 is 0. The van der Waals surface area contributed by atoms with Crippen molar-refractivity contribution >= 4 is 16.7 Å². The predicted molar refractivity (Wildman–Crippen MR) is 79.8 cm³/mol. The number of carbonyl (C=O) groups excluding carboxylic acids is 1. The van der Waals surface area contributed by atoms with Gasteiger partial charge < -0.3 is 0 Å². The smallest absolute Gasteiger partial charge is 0.168 e. The van der Waals surface area contributed by atoms with E-state index in [1.165, 1.54) is 24.3 Å². The Morgan fingerprint density at radius 2 is 1.86 bits per heavy atom. The first-order valence-electron chi connectivity index (χ1n) is 6.92. The third-order valence-electron chi connectivity index (χ3n) is 3.53. The van der Waals surface area contributed by atoms with E-state index in [0.29, 0.717) is 5.56 Å². The Balaban J connectivity index is 1.94. The summed E-state index contributed by atoms with van der Waals surface area (Å²) in [5.41, 5.74) is 2.30. The van der Waals surface area contributed by atoms with Crippen molar-refractivity contribution in [3.63, 3.8) is 0 Å². The second-order valence-electron chi connectivity index (χ2n) is 4.89. The molecule has 0 aliphatic carbocycles. The second-order valence-corrected chi connectivity index (χ2v) is 4.89. The highest BCUT2D eigenvalue weighted by atomic mass is 19.1. The molecule has 0 atom stereocenters. The number of hydrogen-bond acceptors (Lipinski definition) is 2. The van der Waals surface area contributed by atoms with Crippen LogP contribution in [0.4, 0.5) is 4.39 Å². The molecule has 4 heteroatoms. The maximum Gasteiger partial charge on any atom is 0.168 e. The minimum Gasteiger partial charge on any atom is -0.294 e. The second kappa shape index (κ2) is 5.48. The fourth-order valence-corrected chi connectivity index (χ4v) is 2.46. The number of carbonyl (C=O) groups is 1. The van der Waals surface area contributed by atoms with E-state index in [0.717, 1.165) is 23.1 Å². The van der Waals surface area contributed by atoms with Crippen molar-refractivity contribution in [3.8, 4) is 0 Å². The van der Waals surface area contributed by atoms with Crippen molar-refractivity contribution < 1.29 is 9.18 Å². The van der Waals surface area contributed by atoms with E-state index in [-0.39, 0.29) is 18.0 Å². The Hall–Kier alpha value is -2.49. The number of ketones is 1. The van der Waals surface area contributed by atoms with Crippen molar-refractivity contribution in [3.05, 3.63) is 65.6 Å². The third-order valence-corrected chi connectivity index (χ3v) is 3.53. The number of aromatic nitrogens is 2. The number of para-hydroxylation sites is 1. The SMILES string of the molecule is CCn1nc(CC(=O)c2ccc(F)cc2)c2ccccc21. The lowest BCUT2D eigenvalue weighted by atomic mass is 10.0. The van der Waals surface area contributed by atoms with Gasteiger partial charge in [0.05, 0.1) is 17.6 Å². The summed E-state index contributed by atoms with van der Waals surface area (Å²) in [5, 5.41) is 5.51. The molecule has 0 N–H and O–H groups in total. The summed E-state index contributed by atoms with van der Waals surface area (Å²) in [4.78, 5) is 12.3. The standard InChI is InChI=1S/C17H15FN2O/c1-2-20-16-6-4-3-5-14(16)15(19-20)11-17(21)12-7-9-13(18)10-8-12/h3-10H,2,11H2,1H3. The molecule has 106 valence electrons. The normalized spacial score (nSPS) is 11.0.